The molecule has 1 aliphatic rings. The van der Waals surface area contributed by atoms with Gasteiger partial charge in [0.1, 0.15) is 5.75 Å². The molecular weight excluding hydrogens is 532 g/mol. The first-order valence-corrected chi connectivity index (χ1v) is 13.2. The van der Waals surface area contributed by atoms with E-state index in [0.717, 1.165) is 5.56 Å². The van der Waals surface area contributed by atoms with Gasteiger partial charge in [0, 0.05) is 34.9 Å². The number of thiazole rings is 1. The topological polar surface area (TPSA) is 128 Å². The number of carbonyl (C=O) groups is 3. The Hall–Kier alpha value is -4.64. The van der Waals surface area contributed by atoms with E-state index in [2.05, 4.69) is 16.0 Å². The van der Waals surface area contributed by atoms with Crippen LogP contribution in [0.5, 0.6) is 5.75 Å². The molecule has 40 heavy (non-hydrogen) atoms. The Bertz CT molecular complexity index is 1500. The van der Waals surface area contributed by atoms with Crippen molar-refractivity contribution in [2.24, 2.45) is 0 Å². The van der Waals surface area contributed by atoms with E-state index in [4.69, 9.17) is 19.2 Å². The van der Waals surface area contributed by atoms with Gasteiger partial charge < -0.3 is 30.2 Å². The van der Waals surface area contributed by atoms with Crippen LogP contribution in [0.1, 0.15) is 32.3 Å². The minimum absolute atomic E-state index is 0.203. The van der Waals surface area contributed by atoms with E-state index in [-0.39, 0.29) is 5.91 Å². The second kappa shape index (κ2) is 12.0. The van der Waals surface area contributed by atoms with Crippen LogP contribution in [0.3, 0.4) is 0 Å². The normalized spacial score (nSPS) is 13.4. The summed E-state index contributed by atoms with van der Waals surface area (Å²) in [5, 5.41) is 11.7. The van der Waals surface area contributed by atoms with Crippen LogP contribution in [-0.4, -0.2) is 44.2 Å². The van der Waals surface area contributed by atoms with Crippen molar-refractivity contribution in [3.63, 3.8) is 0 Å². The second-order valence-electron chi connectivity index (χ2n) is 9.00. The molecule has 0 atom stereocenters. The molecule has 0 spiro atoms. The number of benzene rings is 2. The number of hydrogen-bond donors (Lipinski definition) is 3. The predicted molar refractivity (Wildman–Crippen MR) is 153 cm³/mol. The van der Waals surface area contributed by atoms with Gasteiger partial charge in [-0.3, -0.25) is 4.79 Å². The molecule has 0 unspecified atom stereocenters. The number of amides is 1. The lowest BCUT2D eigenvalue weighted by atomic mass is 9.80. The van der Waals surface area contributed by atoms with Crippen molar-refractivity contribution >= 4 is 45.7 Å². The molecule has 1 aromatic heterocycles. The fourth-order valence-corrected chi connectivity index (χ4v) is 5.37. The van der Waals surface area contributed by atoms with Crippen LogP contribution in [-0.2, 0) is 23.9 Å². The summed E-state index contributed by atoms with van der Waals surface area (Å²) in [4.78, 5) is 41.9. The SMILES string of the molecule is COC(=O)C1=C(C)NC(C)=C(C(=O)OC)C1c1cccc(Nc2nc(-c3ccc(OC)c(NC(C)=O)c3)cs2)c1. The molecule has 2 aromatic carbocycles. The van der Waals surface area contributed by atoms with Crippen LogP contribution >= 0.6 is 11.3 Å². The zero-order valence-electron chi connectivity index (χ0n) is 23.0. The van der Waals surface area contributed by atoms with Crippen LogP contribution in [0.15, 0.2) is 70.4 Å². The van der Waals surface area contributed by atoms with Crippen LogP contribution in [0.25, 0.3) is 11.3 Å². The maximum atomic E-state index is 12.8. The van der Waals surface area contributed by atoms with Crippen molar-refractivity contribution in [3.05, 3.63) is 75.9 Å². The molecule has 3 aromatic rings. The number of esters is 2. The number of rotatable bonds is 8. The highest BCUT2D eigenvalue weighted by molar-refractivity contribution is 7.14. The van der Waals surface area contributed by atoms with Crippen molar-refractivity contribution in [2.45, 2.75) is 26.7 Å². The highest BCUT2D eigenvalue weighted by atomic mass is 32.1. The maximum Gasteiger partial charge on any atom is 0.336 e. The molecule has 10 nitrogen and oxygen atoms in total. The maximum absolute atomic E-state index is 12.8. The lowest BCUT2D eigenvalue weighted by molar-refractivity contribution is -0.137. The van der Waals surface area contributed by atoms with E-state index in [0.29, 0.717) is 56.1 Å². The van der Waals surface area contributed by atoms with Crippen molar-refractivity contribution < 1.29 is 28.6 Å². The monoisotopic (exact) mass is 562 g/mol. The number of nitrogens with zero attached hydrogens (tertiary/aromatic N) is 1. The molecule has 0 radical (unpaired) electrons. The quantitative estimate of drug-likeness (QED) is 0.321. The van der Waals surface area contributed by atoms with Gasteiger partial charge in [0.15, 0.2) is 5.13 Å². The van der Waals surface area contributed by atoms with Gasteiger partial charge in [0.05, 0.1) is 49.8 Å². The smallest absolute Gasteiger partial charge is 0.336 e. The zero-order chi connectivity index (χ0) is 29.0. The van der Waals surface area contributed by atoms with Gasteiger partial charge in [0.2, 0.25) is 5.91 Å². The molecule has 208 valence electrons. The largest absolute Gasteiger partial charge is 0.495 e. The van der Waals surface area contributed by atoms with Gasteiger partial charge in [-0.2, -0.15) is 0 Å². The summed E-state index contributed by atoms with van der Waals surface area (Å²) < 4.78 is 15.5. The van der Waals surface area contributed by atoms with E-state index >= 15 is 0 Å². The number of hydrogen-bond acceptors (Lipinski definition) is 10. The van der Waals surface area contributed by atoms with Crippen LogP contribution in [0, 0.1) is 0 Å². The van der Waals surface area contributed by atoms with Crippen molar-refractivity contribution in [1.29, 1.82) is 0 Å². The molecule has 3 N–H and O–H groups in total. The number of anilines is 3. The summed E-state index contributed by atoms with van der Waals surface area (Å²) in [5.41, 5.74) is 5.36. The summed E-state index contributed by atoms with van der Waals surface area (Å²) in [7, 11) is 4.16. The minimum Gasteiger partial charge on any atom is -0.495 e. The third-order valence-corrected chi connectivity index (χ3v) is 7.11. The average molecular weight is 563 g/mol. The highest BCUT2D eigenvalue weighted by Gasteiger charge is 2.37. The number of dihydropyridines is 1. The third kappa shape index (κ3) is 5.84. The van der Waals surface area contributed by atoms with Gasteiger partial charge in [-0.05, 0) is 49.7 Å². The number of methoxy groups -OCH3 is 3. The zero-order valence-corrected chi connectivity index (χ0v) is 23.8. The van der Waals surface area contributed by atoms with Crippen molar-refractivity contribution in [3.8, 4) is 17.0 Å². The Balaban J connectivity index is 1.66. The minimum atomic E-state index is -0.693. The van der Waals surface area contributed by atoms with Crippen molar-refractivity contribution in [1.82, 2.24) is 10.3 Å². The molecule has 0 saturated carbocycles. The Morgan fingerprint density at radius 3 is 2.23 bits per heavy atom. The van der Waals surface area contributed by atoms with E-state index in [1.54, 1.807) is 27.0 Å². The van der Waals surface area contributed by atoms with E-state index in [9.17, 15) is 14.4 Å². The average Bonchev–Trinajstić information content (AvgIpc) is 3.40. The van der Waals surface area contributed by atoms with E-state index < -0.39 is 17.9 Å². The highest BCUT2D eigenvalue weighted by Crippen LogP contribution is 2.40. The van der Waals surface area contributed by atoms with Gasteiger partial charge in [-0.15, -0.1) is 11.3 Å². The van der Waals surface area contributed by atoms with E-state index in [1.165, 1.54) is 32.5 Å². The number of aromatic nitrogens is 1. The van der Waals surface area contributed by atoms with Gasteiger partial charge in [-0.25, -0.2) is 14.6 Å². The number of allylic oxidation sites excluding steroid dienone is 2. The molecule has 0 saturated heterocycles. The lowest BCUT2D eigenvalue weighted by Crippen LogP contribution is -2.32. The molecule has 0 aliphatic carbocycles. The Morgan fingerprint density at radius 2 is 1.62 bits per heavy atom. The lowest BCUT2D eigenvalue weighted by Gasteiger charge is -2.30. The third-order valence-electron chi connectivity index (χ3n) is 6.35. The van der Waals surface area contributed by atoms with Gasteiger partial charge in [-0.1, -0.05) is 12.1 Å². The summed E-state index contributed by atoms with van der Waals surface area (Å²) in [6.45, 7) is 4.98. The standard InChI is InChI=1S/C29H30N4O6S/c1-15-24(27(35)38-5)26(25(16(2)30-15)28(36)39-6)19-8-7-9-20(12-19)32-29-33-22(14-40-29)18-10-11-23(37-4)21(13-18)31-17(3)34/h7-14,26,30H,1-6H3,(H,31,34)(H,32,33). The molecular formula is C29H30N4O6S. The fraction of sp³-hybridized carbons (Fsp3) is 0.241. The van der Waals surface area contributed by atoms with Crippen LogP contribution < -0.4 is 20.7 Å². The van der Waals surface area contributed by atoms with Crippen LogP contribution in [0.2, 0.25) is 0 Å². The Kier molecular flexibility index (Phi) is 8.54. The molecule has 1 aliphatic heterocycles. The number of ether oxygens (including phenoxy) is 3. The first-order valence-electron chi connectivity index (χ1n) is 12.3. The fourth-order valence-electron chi connectivity index (χ4n) is 4.63. The number of nitrogens with one attached hydrogen (secondary N) is 3. The molecule has 4 rings (SSSR count). The van der Waals surface area contributed by atoms with Crippen LogP contribution in [0.4, 0.5) is 16.5 Å². The van der Waals surface area contributed by atoms with Gasteiger partial charge >= 0.3 is 11.9 Å². The first kappa shape index (κ1) is 28.4. The second-order valence-corrected chi connectivity index (χ2v) is 9.86. The number of carbonyl (C=O) groups excluding carboxylic acids is 3. The Morgan fingerprint density at radius 1 is 0.950 bits per heavy atom. The molecule has 0 bridgehead atoms. The summed E-state index contributed by atoms with van der Waals surface area (Å²) >= 11 is 1.41. The molecule has 2 heterocycles. The molecule has 11 heteroatoms. The van der Waals surface area contributed by atoms with E-state index in [1.807, 2.05) is 41.8 Å². The summed E-state index contributed by atoms with van der Waals surface area (Å²) in [5.74, 6) is -1.42. The molecule has 1 amide bonds. The first-order chi connectivity index (χ1) is 19.2. The van der Waals surface area contributed by atoms with Gasteiger partial charge in [0.25, 0.3) is 0 Å². The summed E-state index contributed by atoms with van der Waals surface area (Å²) in [6.07, 6.45) is 0. The Labute approximate surface area is 236 Å². The summed E-state index contributed by atoms with van der Waals surface area (Å²) in [6, 6.07) is 12.9. The predicted octanol–water partition coefficient (Wildman–Crippen LogP) is 5.10. The van der Waals surface area contributed by atoms with Crippen molar-refractivity contribution in [2.75, 3.05) is 32.0 Å². The molecule has 0 fully saturated rings.